The second-order valence-electron chi connectivity index (χ2n) is 7.09. The van der Waals surface area contributed by atoms with Gasteiger partial charge in [0.05, 0.1) is 12.6 Å². The average Bonchev–Trinajstić information content (AvgIpc) is 2.55. The molecule has 2 atom stereocenters. The lowest BCUT2D eigenvalue weighted by atomic mass is 10.1. The molecule has 6 nitrogen and oxygen atoms in total. The number of hydrogen-bond acceptors (Lipinski definition) is 5. The fraction of sp³-hybridized carbons (Fsp3) is 0.857. The van der Waals surface area contributed by atoms with Crippen molar-refractivity contribution in [3.8, 4) is 0 Å². The summed E-state index contributed by atoms with van der Waals surface area (Å²) < 4.78 is 10.5. The summed E-state index contributed by atoms with van der Waals surface area (Å²) in [6, 6.07) is 0. The Morgan fingerprint density at radius 1 is 1.00 bits per heavy atom. The van der Waals surface area contributed by atoms with Gasteiger partial charge in [0, 0.05) is 6.54 Å². The number of aliphatic hydroxyl groups excluding tert-OH is 1. The van der Waals surface area contributed by atoms with Crippen LogP contribution < -0.4 is 0 Å². The van der Waals surface area contributed by atoms with E-state index >= 15 is 0 Å². The van der Waals surface area contributed by atoms with Gasteiger partial charge in [-0.15, -0.1) is 0 Å². The largest absolute Gasteiger partial charge is 0.460 e. The number of rotatable bonds is 1. The Bertz CT molecular complexity index is 380. The predicted molar refractivity (Wildman–Crippen MR) is 73.1 cm³/mol. The zero-order valence-corrected chi connectivity index (χ0v) is 13.1. The molecule has 6 heteroatoms. The number of hydrogen-bond donors (Lipinski definition) is 1. The first kappa shape index (κ1) is 16.8. The van der Waals surface area contributed by atoms with Crippen molar-refractivity contribution < 1.29 is 24.2 Å². The molecule has 0 bridgehead atoms. The third kappa shape index (κ3) is 5.00. The molecule has 1 rings (SSSR count). The SMILES string of the molecule is CC(C)(C)OC(=O)[C@@H]1CN(C(=O)OC(C)(C)C)C[C@@H]1O. The smallest absolute Gasteiger partial charge is 0.410 e. The van der Waals surface area contributed by atoms with Gasteiger partial charge in [0.1, 0.15) is 17.1 Å². The van der Waals surface area contributed by atoms with Gasteiger partial charge >= 0.3 is 12.1 Å². The van der Waals surface area contributed by atoms with Crippen LogP contribution in [0.3, 0.4) is 0 Å². The number of nitrogens with zero attached hydrogens (tertiary/aromatic N) is 1. The number of aliphatic hydroxyl groups is 1. The van der Waals surface area contributed by atoms with Gasteiger partial charge in [0.25, 0.3) is 0 Å². The van der Waals surface area contributed by atoms with Crippen LogP contribution in [-0.2, 0) is 14.3 Å². The Morgan fingerprint density at radius 3 is 1.95 bits per heavy atom. The molecule has 0 aliphatic carbocycles. The van der Waals surface area contributed by atoms with E-state index in [1.54, 1.807) is 41.5 Å². The lowest BCUT2D eigenvalue weighted by molar-refractivity contribution is -0.162. The maximum atomic E-state index is 12.0. The van der Waals surface area contributed by atoms with Gasteiger partial charge in [-0.3, -0.25) is 4.79 Å². The standard InChI is InChI=1S/C14H25NO5/c1-13(2,3)19-11(17)9-7-15(8-10(9)16)12(18)20-14(4,5)6/h9-10,16H,7-8H2,1-6H3/t9-,10+/m1/s1. The highest BCUT2D eigenvalue weighted by Crippen LogP contribution is 2.23. The Balaban J connectivity index is 2.63. The Labute approximate surface area is 120 Å². The molecular formula is C14H25NO5. The van der Waals surface area contributed by atoms with Gasteiger partial charge in [-0.25, -0.2) is 4.79 Å². The fourth-order valence-corrected chi connectivity index (χ4v) is 1.87. The van der Waals surface area contributed by atoms with Gasteiger partial charge in [-0.05, 0) is 41.5 Å². The number of carbonyl (C=O) groups excluding carboxylic acids is 2. The van der Waals surface area contributed by atoms with E-state index in [0.29, 0.717) is 0 Å². The summed E-state index contributed by atoms with van der Waals surface area (Å²) in [5.74, 6) is -1.21. The van der Waals surface area contributed by atoms with Crippen LogP contribution in [-0.4, -0.2) is 52.5 Å². The molecule has 1 aliphatic heterocycles. The molecule has 116 valence electrons. The van der Waals surface area contributed by atoms with Crippen LogP contribution in [0.25, 0.3) is 0 Å². The summed E-state index contributed by atoms with van der Waals surface area (Å²) in [7, 11) is 0. The highest BCUT2D eigenvalue weighted by atomic mass is 16.6. The molecule has 20 heavy (non-hydrogen) atoms. The number of esters is 1. The van der Waals surface area contributed by atoms with Crippen LogP contribution in [0.5, 0.6) is 0 Å². The van der Waals surface area contributed by atoms with Crippen LogP contribution in [0.4, 0.5) is 4.79 Å². The third-order valence-electron chi connectivity index (χ3n) is 2.65. The average molecular weight is 287 g/mol. The van der Waals surface area contributed by atoms with Gasteiger partial charge in [-0.2, -0.15) is 0 Å². The number of likely N-dealkylation sites (tertiary alicyclic amines) is 1. The zero-order valence-electron chi connectivity index (χ0n) is 13.1. The lowest BCUT2D eigenvalue weighted by Gasteiger charge is -2.24. The molecule has 0 spiro atoms. The van der Waals surface area contributed by atoms with Crippen LogP contribution in [0.2, 0.25) is 0 Å². The normalized spacial score (nSPS) is 23.6. The second-order valence-corrected chi connectivity index (χ2v) is 7.09. The van der Waals surface area contributed by atoms with E-state index in [9.17, 15) is 14.7 Å². The minimum Gasteiger partial charge on any atom is -0.460 e. The molecule has 0 unspecified atom stereocenters. The van der Waals surface area contributed by atoms with Crippen molar-refractivity contribution in [3.63, 3.8) is 0 Å². The summed E-state index contributed by atoms with van der Waals surface area (Å²) in [5.41, 5.74) is -1.22. The number of ether oxygens (including phenoxy) is 2. The van der Waals surface area contributed by atoms with E-state index in [4.69, 9.17) is 9.47 Å². The predicted octanol–water partition coefficient (Wildman–Crippen LogP) is 1.56. The van der Waals surface area contributed by atoms with Gasteiger partial charge in [0.2, 0.25) is 0 Å². The summed E-state index contributed by atoms with van der Waals surface area (Å²) in [6.45, 7) is 10.8. The monoisotopic (exact) mass is 287 g/mol. The second kappa shape index (κ2) is 5.60. The summed E-state index contributed by atoms with van der Waals surface area (Å²) in [4.78, 5) is 25.2. The van der Waals surface area contributed by atoms with E-state index in [0.717, 1.165) is 0 Å². The lowest BCUT2D eigenvalue weighted by Crippen LogP contribution is -2.36. The summed E-state index contributed by atoms with van der Waals surface area (Å²) in [5, 5.41) is 9.92. The maximum absolute atomic E-state index is 12.0. The maximum Gasteiger partial charge on any atom is 0.410 e. The summed E-state index contributed by atoms with van der Waals surface area (Å²) in [6.07, 6.45) is -1.44. The fourth-order valence-electron chi connectivity index (χ4n) is 1.87. The number of amides is 1. The molecule has 0 aromatic carbocycles. The molecular weight excluding hydrogens is 262 g/mol. The van der Waals surface area contributed by atoms with Gasteiger partial charge in [0.15, 0.2) is 0 Å². The number of β-amino-alcohol motifs (C(OH)–C–C–N with tert-alkyl or cyclic N) is 1. The highest BCUT2D eigenvalue weighted by Gasteiger charge is 2.42. The Hall–Kier alpha value is -1.30. The van der Waals surface area contributed by atoms with Gasteiger partial charge < -0.3 is 19.5 Å². The number of carbonyl (C=O) groups is 2. The Kier molecular flexibility index (Phi) is 4.69. The van der Waals surface area contributed by atoms with Gasteiger partial charge in [-0.1, -0.05) is 0 Å². The molecule has 1 aliphatic rings. The third-order valence-corrected chi connectivity index (χ3v) is 2.65. The van der Waals surface area contributed by atoms with Crippen molar-refractivity contribution in [2.75, 3.05) is 13.1 Å². The first-order valence-electron chi connectivity index (χ1n) is 6.78. The van der Waals surface area contributed by atoms with Crippen LogP contribution >= 0.6 is 0 Å². The topological polar surface area (TPSA) is 76.1 Å². The molecule has 1 heterocycles. The molecule has 1 fully saturated rings. The minimum atomic E-state index is -0.919. The molecule has 0 aromatic rings. The van der Waals surface area contributed by atoms with Crippen LogP contribution in [0.15, 0.2) is 0 Å². The highest BCUT2D eigenvalue weighted by molar-refractivity contribution is 5.77. The molecule has 1 saturated heterocycles. The van der Waals surface area contributed by atoms with Crippen molar-refractivity contribution in [2.45, 2.75) is 58.8 Å². The van der Waals surface area contributed by atoms with Crippen molar-refractivity contribution >= 4 is 12.1 Å². The van der Waals surface area contributed by atoms with Crippen LogP contribution in [0, 0.1) is 5.92 Å². The quantitative estimate of drug-likeness (QED) is 0.741. The van der Waals surface area contributed by atoms with E-state index in [-0.39, 0.29) is 13.1 Å². The first-order valence-corrected chi connectivity index (χ1v) is 6.78. The Morgan fingerprint density at radius 2 is 1.50 bits per heavy atom. The molecule has 0 radical (unpaired) electrons. The van der Waals surface area contributed by atoms with E-state index in [1.807, 2.05) is 0 Å². The molecule has 0 saturated carbocycles. The minimum absolute atomic E-state index is 0.0822. The molecule has 0 aromatic heterocycles. The van der Waals surface area contributed by atoms with E-state index < -0.39 is 35.3 Å². The van der Waals surface area contributed by atoms with Crippen molar-refractivity contribution in [3.05, 3.63) is 0 Å². The summed E-state index contributed by atoms with van der Waals surface area (Å²) >= 11 is 0. The van der Waals surface area contributed by atoms with Crippen LogP contribution in [0.1, 0.15) is 41.5 Å². The van der Waals surface area contributed by atoms with E-state index in [1.165, 1.54) is 4.90 Å². The van der Waals surface area contributed by atoms with Crippen molar-refractivity contribution in [1.29, 1.82) is 0 Å². The first-order chi connectivity index (χ1) is 8.89. The van der Waals surface area contributed by atoms with E-state index in [2.05, 4.69) is 0 Å². The molecule has 1 N–H and O–H groups in total. The molecule has 1 amide bonds. The van der Waals surface area contributed by atoms with Crippen molar-refractivity contribution in [1.82, 2.24) is 4.90 Å². The van der Waals surface area contributed by atoms with Crippen molar-refractivity contribution in [2.24, 2.45) is 5.92 Å². The zero-order chi connectivity index (χ0) is 15.7.